The van der Waals surface area contributed by atoms with E-state index in [0.29, 0.717) is 29.1 Å². The fraction of sp³-hybridized carbons (Fsp3) is 0.250. The van der Waals surface area contributed by atoms with Gasteiger partial charge in [-0.2, -0.15) is 13.2 Å². The molecular weight excluding hydrogens is 577 g/mol. The smallest absolute Gasteiger partial charge is 0.398 e. The van der Waals surface area contributed by atoms with Crippen LogP contribution < -0.4 is 5.73 Å². The number of hydrogen-bond donors (Lipinski definition) is 1. The zero-order valence-electron chi connectivity index (χ0n) is 15.6. The first kappa shape index (κ1) is 25.4. The van der Waals surface area contributed by atoms with Crippen LogP contribution in [-0.4, -0.2) is 17.2 Å². The molecule has 0 radical (unpaired) electrons. The van der Waals surface area contributed by atoms with Gasteiger partial charge in [0, 0.05) is 30.2 Å². The van der Waals surface area contributed by atoms with Gasteiger partial charge in [0.25, 0.3) is 0 Å². The first-order chi connectivity index (χ1) is 11.9. The van der Waals surface area contributed by atoms with Crippen LogP contribution in [0.4, 0.5) is 13.2 Å². The standard InChI is InChI=1S/C16H11F3N3.C3H8.CH3.U/c17-16(18,19)11-3-1-10(2-4-11)15-12-5-7-21-9-13(12)14(20)6-8-22-15;1-3-2;;/h1,3-7,9H,8,20H2;3H2,1-2H3;1H3;/q-1;;-1;+2. The van der Waals surface area contributed by atoms with E-state index in [2.05, 4.69) is 29.9 Å². The van der Waals surface area contributed by atoms with Crippen molar-refractivity contribution in [3.63, 3.8) is 0 Å². The van der Waals surface area contributed by atoms with Crippen molar-refractivity contribution in [1.29, 1.82) is 0 Å². The Morgan fingerprint density at radius 3 is 2.37 bits per heavy atom. The number of pyridine rings is 1. The number of hydrogen-bond acceptors (Lipinski definition) is 3. The molecule has 0 saturated carbocycles. The van der Waals surface area contributed by atoms with Gasteiger partial charge in [0.05, 0.1) is 0 Å². The van der Waals surface area contributed by atoms with Gasteiger partial charge in [-0.05, 0) is 29.0 Å². The number of alkyl halides is 3. The number of aromatic nitrogens is 1. The third-order valence-electron chi connectivity index (χ3n) is 3.34. The van der Waals surface area contributed by atoms with Crippen LogP contribution in [0.15, 0.2) is 47.7 Å². The topological polar surface area (TPSA) is 51.3 Å². The summed E-state index contributed by atoms with van der Waals surface area (Å²) in [7, 11) is 0. The van der Waals surface area contributed by atoms with E-state index in [4.69, 9.17) is 5.73 Å². The Bertz CT molecular complexity index is 782. The molecule has 3 nitrogen and oxygen atoms in total. The van der Waals surface area contributed by atoms with Crippen molar-refractivity contribution < 1.29 is 44.3 Å². The van der Waals surface area contributed by atoms with Crippen molar-refractivity contribution in [2.75, 3.05) is 6.54 Å². The normalized spacial score (nSPS) is 12.6. The summed E-state index contributed by atoms with van der Waals surface area (Å²) < 4.78 is 37.9. The van der Waals surface area contributed by atoms with Gasteiger partial charge in [-0.3, -0.25) is 4.98 Å². The van der Waals surface area contributed by atoms with Crippen LogP contribution in [0.25, 0.3) is 5.70 Å². The molecule has 1 aliphatic heterocycles. The van der Waals surface area contributed by atoms with Crippen molar-refractivity contribution in [3.8, 4) is 0 Å². The van der Waals surface area contributed by atoms with E-state index in [9.17, 15) is 13.2 Å². The van der Waals surface area contributed by atoms with Crippen LogP contribution in [0, 0.1) is 44.6 Å². The van der Waals surface area contributed by atoms with E-state index in [-0.39, 0.29) is 38.5 Å². The van der Waals surface area contributed by atoms with Gasteiger partial charge in [-0.15, -0.1) is 29.8 Å². The van der Waals surface area contributed by atoms with Crippen LogP contribution in [0.1, 0.15) is 42.5 Å². The van der Waals surface area contributed by atoms with Gasteiger partial charge in [0.1, 0.15) is 0 Å². The molecule has 0 unspecified atom stereocenters. The quantitative estimate of drug-likeness (QED) is 0.474. The van der Waals surface area contributed by atoms with Gasteiger partial charge in [0.15, 0.2) is 0 Å². The third-order valence-corrected chi connectivity index (χ3v) is 3.34. The second-order valence-electron chi connectivity index (χ2n) is 5.47. The fourth-order valence-corrected chi connectivity index (χ4v) is 2.24. The maximum Gasteiger partial charge on any atom is 2.00 e. The molecule has 2 N–H and O–H groups in total. The molecule has 0 saturated heterocycles. The molecular formula is C20H22F3N3U. The maximum absolute atomic E-state index is 12.6. The fourth-order valence-electron chi connectivity index (χ4n) is 2.24. The van der Waals surface area contributed by atoms with Gasteiger partial charge in [-0.25, -0.2) is 0 Å². The Labute approximate surface area is 182 Å². The molecule has 0 spiro atoms. The molecule has 3 rings (SSSR count). The van der Waals surface area contributed by atoms with Crippen LogP contribution in [0.5, 0.6) is 0 Å². The van der Waals surface area contributed by atoms with Gasteiger partial charge in [-0.1, -0.05) is 20.3 Å². The number of nitrogens with zero attached hydrogens (tertiary/aromatic N) is 2. The van der Waals surface area contributed by atoms with E-state index in [1.54, 1.807) is 24.5 Å². The van der Waals surface area contributed by atoms with Crippen molar-refractivity contribution in [2.24, 2.45) is 10.7 Å². The molecule has 142 valence electrons. The van der Waals surface area contributed by atoms with Gasteiger partial charge < -0.3 is 18.2 Å². The van der Waals surface area contributed by atoms with Crippen molar-refractivity contribution >= 4 is 11.4 Å². The van der Waals surface area contributed by atoms with Gasteiger partial charge in [0.2, 0.25) is 0 Å². The number of fused-ring (bicyclic) bond motifs is 1. The molecule has 1 aromatic heterocycles. The molecule has 0 atom stereocenters. The van der Waals surface area contributed by atoms with Crippen LogP contribution >= 0.6 is 0 Å². The molecule has 0 fully saturated rings. The summed E-state index contributed by atoms with van der Waals surface area (Å²) in [6.07, 6.45) is 1.83. The van der Waals surface area contributed by atoms with E-state index < -0.39 is 11.7 Å². The molecule has 27 heavy (non-hydrogen) atoms. The third kappa shape index (κ3) is 6.51. The Morgan fingerprint density at radius 1 is 1.15 bits per heavy atom. The van der Waals surface area contributed by atoms with Crippen molar-refractivity contribution in [1.82, 2.24) is 4.98 Å². The average Bonchev–Trinajstić information content (AvgIpc) is 2.75. The summed E-state index contributed by atoms with van der Waals surface area (Å²) in [6.45, 7) is 4.60. The minimum atomic E-state index is -4.38. The Hall–Kier alpha value is -1.58. The largest absolute Gasteiger partial charge is 2.00 e. The van der Waals surface area contributed by atoms with E-state index in [0.717, 1.165) is 17.7 Å². The Morgan fingerprint density at radius 2 is 1.81 bits per heavy atom. The Balaban J connectivity index is 0.00000127. The summed E-state index contributed by atoms with van der Waals surface area (Å²) in [4.78, 5) is 8.43. The summed E-state index contributed by atoms with van der Waals surface area (Å²) in [5.41, 5.74) is 8.26. The Kier molecular flexibility index (Phi) is 10.6. The minimum Gasteiger partial charge on any atom is -0.398 e. The number of benzene rings is 1. The average molecular weight is 599 g/mol. The molecule has 0 amide bonds. The first-order valence-corrected chi connectivity index (χ1v) is 7.92. The molecule has 1 aromatic carbocycles. The van der Waals surface area contributed by atoms with E-state index in [1.807, 2.05) is 0 Å². The van der Waals surface area contributed by atoms with Crippen LogP contribution in [0.3, 0.4) is 0 Å². The second-order valence-corrected chi connectivity index (χ2v) is 5.47. The van der Waals surface area contributed by atoms with Gasteiger partial charge >= 0.3 is 37.3 Å². The molecule has 0 aliphatic carbocycles. The van der Waals surface area contributed by atoms with E-state index in [1.165, 1.54) is 12.5 Å². The van der Waals surface area contributed by atoms with E-state index >= 15 is 0 Å². The number of halogens is 3. The first-order valence-electron chi connectivity index (χ1n) is 7.92. The number of nitrogens with two attached hydrogens (primary N) is 1. The monoisotopic (exact) mass is 599 g/mol. The molecule has 1 aliphatic rings. The molecule has 2 aromatic rings. The number of rotatable bonds is 1. The van der Waals surface area contributed by atoms with Crippen molar-refractivity contribution in [2.45, 2.75) is 26.4 Å². The predicted octanol–water partition coefficient (Wildman–Crippen LogP) is 4.92. The zero-order chi connectivity index (χ0) is 18.4. The number of aliphatic imine (C=N–C) groups is 1. The molecule has 7 heteroatoms. The summed E-state index contributed by atoms with van der Waals surface area (Å²) in [5.74, 6) is 0. The second kappa shape index (κ2) is 11.3. The molecule has 0 bridgehead atoms. The predicted molar refractivity (Wildman–Crippen MR) is 99.6 cm³/mol. The summed E-state index contributed by atoms with van der Waals surface area (Å²) in [5, 5.41) is 0. The molecule has 2 heterocycles. The van der Waals surface area contributed by atoms with Crippen LogP contribution in [0.2, 0.25) is 0 Å². The summed E-state index contributed by atoms with van der Waals surface area (Å²) in [6, 6.07) is 7.73. The van der Waals surface area contributed by atoms with Crippen molar-refractivity contribution in [3.05, 3.63) is 78.5 Å². The maximum atomic E-state index is 12.6. The zero-order valence-corrected chi connectivity index (χ0v) is 19.7. The van der Waals surface area contributed by atoms with Crippen LogP contribution in [-0.2, 0) is 6.18 Å². The minimum absolute atomic E-state index is 0. The SMILES string of the molecule is CCC.NC1=CCN=C(c2[c-]cc(C(F)(F)F)cc2)c2ccncc21.[CH3-].[U+2]. The summed E-state index contributed by atoms with van der Waals surface area (Å²) >= 11 is 0.